The van der Waals surface area contributed by atoms with E-state index < -0.39 is 5.91 Å². The number of nitrogens with zero attached hydrogens (tertiary/aromatic N) is 1. The van der Waals surface area contributed by atoms with Crippen LogP contribution in [0.15, 0.2) is 53.0 Å². The Labute approximate surface area is 114 Å². The van der Waals surface area contributed by atoms with Gasteiger partial charge in [0.2, 0.25) is 0 Å². The number of rotatable bonds is 2. The first kappa shape index (κ1) is 12.8. The lowest BCUT2D eigenvalue weighted by Crippen LogP contribution is -2.26. The summed E-state index contributed by atoms with van der Waals surface area (Å²) in [5.41, 5.74) is 1.96. The summed E-state index contributed by atoms with van der Waals surface area (Å²) in [5, 5.41) is 10.5. The molecule has 2 rings (SSSR count). The fraction of sp³-hybridized carbons (Fsp3) is 0.0714. The fourth-order valence-electron chi connectivity index (χ4n) is 1.52. The molecule has 0 bridgehead atoms. The highest BCUT2D eigenvalue weighted by atomic mass is 79.9. The van der Waals surface area contributed by atoms with E-state index in [2.05, 4.69) is 15.9 Å². The molecule has 18 heavy (non-hydrogen) atoms. The number of hydrogen-bond acceptors (Lipinski definition) is 2. The molecular formula is C14H12BrNO2. The zero-order chi connectivity index (χ0) is 13.1. The van der Waals surface area contributed by atoms with Gasteiger partial charge in [0.15, 0.2) is 0 Å². The van der Waals surface area contributed by atoms with Crippen LogP contribution in [0, 0.1) is 6.92 Å². The Hall–Kier alpha value is -1.65. The summed E-state index contributed by atoms with van der Waals surface area (Å²) in [6.45, 7) is 1.95. The molecule has 0 heterocycles. The predicted molar refractivity (Wildman–Crippen MR) is 73.9 cm³/mol. The lowest BCUT2D eigenvalue weighted by Gasteiger charge is -2.15. The normalized spacial score (nSPS) is 10.2. The molecule has 2 aromatic carbocycles. The molecule has 1 N–H and O–H groups in total. The second-order valence-corrected chi connectivity index (χ2v) is 4.88. The lowest BCUT2D eigenvalue weighted by atomic mass is 10.2. The maximum Gasteiger partial charge on any atom is 0.281 e. The second-order valence-electron chi connectivity index (χ2n) is 3.96. The van der Waals surface area contributed by atoms with Gasteiger partial charge >= 0.3 is 0 Å². The molecule has 0 aliphatic rings. The van der Waals surface area contributed by atoms with Crippen LogP contribution < -0.4 is 5.06 Å². The van der Waals surface area contributed by atoms with E-state index in [9.17, 15) is 10.0 Å². The van der Waals surface area contributed by atoms with Gasteiger partial charge in [0.25, 0.3) is 5.91 Å². The molecule has 3 nitrogen and oxygen atoms in total. The molecule has 0 saturated carbocycles. The predicted octanol–water partition coefficient (Wildman–Crippen LogP) is 3.79. The molecule has 0 fully saturated rings. The Kier molecular flexibility index (Phi) is 3.79. The van der Waals surface area contributed by atoms with Gasteiger partial charge < -0.3 is 0 Å². The van der Waals surface area contributed by atoms with Gasteiger partial charge in [0.1, 0.15) is 0 Å². The van der Waals surface area contributed by atoms with Crippen molar-refractivity contribution in [3.05, 3.63) is 64.1 Å². The van der Waals surface area contributed by atoms with Crippen LogP contribution in [0.2, 0.25) is 0 Å². The maximum absolute atomic E-state index is 12.0. The topological polar surface area (TPSA) is 40.5 Å². The molecule has 0 aliphatic heterocycles. The van der Waals surface area contributed by atoms with Crippen molar-refractivity contribution in [2.24, 2.45) is 0 Å². The molecule has 4 heteroatoms. The molecule has 92 valence electrons. The Morgan fingerprint density at radius 2 is 1.61 bits per heavy atom. The van der Waals surface area contributed by atoms with Crippen LogP contribution in [0.3, 0.4) is 0 Å². The second kappa shape index (κ2) is 5.33. The molecule has 1 amide bonds. The van der Waals surface area contributed by atoms with Gasteiger partial charge in [-0.3, -0.25) is 10.0 Å². The van der Waals surface area contributed by atoms with E-state index in [0.29, 0.717) is 16.3 Å². The molecule has 0 atom stereocenters. The summed E-state index contributed by atoms with van der Waals surface area (Å²) in [6, 6.07) is 13.9. The Balaban J connectivity index is 2.23. The highest BCUT2D eigenvalue weighted by Crippen LogP contribution is 2.17. The smallest absolute Gasteiger partial charge is 0.281 e. The summed E-state index contributed by atoms with van der Waals surface area (Å²) in [5.74, 6) is -0.452. The van der Waals surface area contributed by atoms with Crippen LogP contribution >= 0.6 is 15.9 Å². The van der Waals surface area contributed by atoms with Crippen molar-refractivity contribution in [3.8, 4) is 0 Å². The first-order valence-corrected chi connectivity index (χ1v) is 6.23. The third-order valence-corrected chi connectivity index (χ3v) is 3.09. The molecule has 0 unspecified atom stereocenters. The SMILES string of the molecule is Cc1ccc(N(O)C(=O)c2ccc(Br)cc2)cc1. The molecule has 0 aromatic heterocycles. The number of anilines is 1. The Bertz CT molecular complexity index is 549. The van der Waals surface area contributed by atoms with Crippen LogP contribution in [0.25, 0.3) is 0 Å². The van der Waals surface area contributed by atoms with Crippen LogP contribution in [0.4, 0.5) is 5.69 Å². The average Bonchev–Trinajstić information content (AvgIpc) is 2.39. The standard InChI is InChI=1S/C14H12BrNO2/c1-10-2-8-13(9-3-10)16(18)14(17)11-4-6-12(15)7-5-11/h2-9,18H,1H3. The van der Waals surface area contributed by atoms with Crippen molar-refractivity contribution < 1.29 is 10.0 Å². The summed E-state index contributed by atoms with van der Waals surface area (Å²) >= 11 is 3.30. The van der Waals surface area contributed by atoms with Crippen molar-refractivity contribution in [2.75, 3.05) is 5.06 Å². The highest BCUT2D eigenvalue weighted by molar-refractivity contribution is 9.10. The number of benzene rings is 2. The van der Waals surface area contributed by atoms with Crippen LogP contribution in [0.1, 0.15) is 15.9 Å². The van der Waals surface area contributed by atoms with E-state index >= 15 is 0 Å². The zero-order valence-corrected chi connectivity index (χ0v) is 11.4. The zero-order valence-electron chi connectivity index (χ0n) is 9.80. The maximum atomic E-state index is 12.0. The molecule has 0 radical (unpaired) electrons. The number of amides is 1. The number of halogens is 1. The van der Waals surface area contributed by atoms with Crippen molar-refractivity contribution in [2.45, 2.75) is 6.92 Å². The van der Waals surface area contributed by atoms with Crippen LogP contribution in [-0.2, 0) is 0 Å². The Morgan fingerprint density at radius 3 is 2.17 bits per heavy atom. The van der Waals surface area contributed by atoms with Gasteiger partial charge in [-0.15, -0.1) is 0 Å². The van der Waals surface area contributed by atoms with Crippen molar-refractivity contribution in [1.82, 2.24) is 0 Å². The van der Waals surface area contributed by atoms with Crippen molar-refractivity contribution >= 4 is 27.5 Å². The van der Waals surface area contributed by atoms with E-state index in [-0.39, 0.29) is 0 Å². The van der Waals surface area contributed by atoms with Gasteiger partial charge in [0.05, 0.1) is 5.69 Å². The minimum absolute atomic E-state index is 0.432. The lowest BCUT2D eigenvalue weighted by molar-refractivity contribution is 0.0854. The molecule has 0 saturated heterocycles. The number of aryl methyl sites for hydroxylation is 1. The molecule has 0 aliphatic carbocycles. The van der Waals surface area contributed by atoms with Crippen molar-refractivity contribution in [1.29, 1.82) is 0 Å². The minimum Gasteiger partial charge on any atom is -0.281 e. The van der Waals surface area contributed by atoms with Gasteiger partial charge in [-0.2, -0.15) is 5.06 Å². The molecule has 2 aromatic rings. The van der Waals surface area contributed by atoms with Gasteiger partial charge in [0, 0.05) is 10.0 Å². The van der Waals surface area contributed by atoms with E-state index in [1.54, 1.807) is 36.4 Å². The third kappa shape index (κ3) is 2.78. The quantitative estimate of drug-likeness (QED) is 0.677. The first-order valence-electron chi connectivity index (χ1n) is 5.43. The number of hydroxylamine groups is 1. The minimum atomic E-state index is -0.452. The summed E-state index contributed by atoms with van der Waals surface area (Å²) < 4.78 is 0.888. The number of carbonyl (C=O) groups is 1. The summed E-state index contributed by atoms with van der Waals surface area (Å²) in [4.78, 5) is 12.0. The van der Waals surface area contributed by atoms with E-state index in [1.165, 1.54) is 0 Å². The van der Waals surface area contributed by atoms with E-state index in [0.717, 1.165) is 10.0 Å². The van der Waals surface area contributed by atoms with E-state index in [1.807, 2.05) is 19.1 Å². The number of carbonyl (C=O) groups excluding carboxylic acids is 1. The van der Waals surface area contributed by atoms with Crippen LogP contribution in [0.5, 0.6) is 0 Å². The van der Waals surface area contributed by atoms with Crippen molar-refractivity contribution in [3.63, 3.8) is 0 Å². The van der Waals surface area contributed by atoms with Gasteiger partial charge in [-0.1, -0.05) is 33.6 Å². The summed E-state index contributed by atoms with van der Waals surface area (Å²) in [7, 11) is 0. The molecule has 0 spiro atoms. The Morgan fingerprint density at radius 1 is 1.06 bits per heavy atom. The average molecular weight is 306 g/mol. The van der Waals surface area contributed by atoms with E-state index in [4.69, 9.17) is 0 Å². The van der Waals surface area contributed by atoms with Gasteiger partial charge in [-0.05, 0) is 43.3 Å². The fourth-order valence-corrected chi connectivity index (χ4v) is 1.78. The first-order chi connectivity index (χ1) is 8.58. The monoisotopic (exact) mass is 305 g/mol. The third-order valence-electron chi connectivity index (χ3n) is 2.56. The van der Waals surface area contributed by atoms with Gasteiger partial charge in [-0.25, -0.2) is 0 Å². The number of hydrogen-bond donors (Lipinski definition) is 1. The summed E-state index contributed by atoms with van der Waals surface area (Å²) in [6.07, 6.45) is 0. The largest absolute Gasteiger partial charge is 0.281 e. The van der Waals surface area contributed by atoms with Crippen LogP contribution in [-0.4, -0.2) is 11.1 Å². The molecular weight excluding hydrogens is 294 g/mol. The highest BCUT2D eigenvalue weighted by Gasteiger charge is 2.15.